The number of hydrogen-bond donors (Lipinski definition) is 3. The summed E-state index contributed by atoms with van der Waals surface area (Å²) in [5.41, 5.74) is 3.34. The summed E-state index contributed by atoms with van der Waals surface area (Å²) in [6, 6.07) is 8.88. The fourth-order valence-electron chi connectivity index (χ4n) is 4.72. The first-order chi connectivity index (χ1) is 17.6. The molecule has 8 nitrogen and oxygen atoms in total. The molecule has 0 spiro atoms. The second-order valence-electron chi connectivity index (χ2n) is 9.81. The molecule has 3 heterocycles. The molecule has 1 unspecified atom stereocenters. The number of aliphatic hydroxyl groups excluding tert-OH is 1. The molecule has 0 aliphatic carbocycles. The number of aryl methyl sites for hydroxylation is 1. The van der Waals surface area contributed by atoms with Crippen LogP contribution in [0.3, 0.4) is 0 Å². The molecule has 38 heavy (non-hydrogen) atoms. The number of hydrogen-bond acceptors (Lipinski definition) is 6. The highest BCUT2D eigenvalue weighted by molar-refractivity contribution is 5.91. The summed E-state index contributed by atoms with van der Waals surface area (Å²) in [6.07, 6.45) is -4.75. The van der Waals surface area contributed by atoms with Crippen molar-refractivity contribution in [3.8, 4) is 11.1 Å². The molecule has 1 aromatic carbocycles. The predicted molar refractivity (Wildman–Crippen MR) is 144 cm³/mol. The monoisotopic (exact) mass is 557 g/mol. The molecule has 0 radical (unpaired) electrons. The third-order valence-electron chi connectivity index (χ3n) is 6.71. The summed E-state index contributed by atoms with van der Waals surface area (Å²) in [7, 11) is 0. The standard InChI is InChI=1S/C26H34F3N5O3.ClH/c1-17-3-4-21(31-25(36)34-6-5-19(15-34)14-26(27,28)29)13-22(17)20-11-23(30-18(2)16-35)32-24(12-20)33-7-9-37-10-8-33;/h3-4,11-13,18-19,35H,5-10,14-16H2,1-2H3,(H,30,32)(H,31,36);1H/t18?,19-;/m0./s1. The van der Waals surface area contributed by atoms with Crippen molar-refractivity contribution < 1.29 is 27.8 Å². The number of urea groups is 1. The van der Waals surface area contributed by atoms with E-state index in [1.165, 1.54) is 4.90 Å². The zero-order chi connectivity index (χ0) is 26.6. The number of benzene rings is 1. The second-order valence-corrected chi connectivity index (χ2v) is 9.81. The molecular weight excluding hydrogens is 523 g/mol. The van der Waals surface area contributed by atoms with Crippen molar-refractivity contribution >= 4 is 35.8 Å². The van der Waals surface area contributed by atoms with E-state index in [4.69, 9.17) is 9.72 Å². The number of nitrogens with one attached hydrogen (secondary N) is 2. The molecule has 2 aliphatic heterocycles. The maximum absolute atomic E-state index is 12.8. The van der Waals surface area contributed by atoms with Crippen molar-refractivity contribution in [1.29, 1.82) is 0 Å². The molecule has 2 fully saturated rings. The van der Waals surface area contributed by atoms with E-state index in [1.807, 2.05) is 38.1 Å². The average Bonchev–Trinajstić information content (AvgIpc) is 3.32. The van der Waals surface area contributed by atoms with Crippen molar-refractivity contribution in [2.45, 2.75) is 38.9 Å². The lowest BCUT2D eigenvalue weighted by atomic mass is 10.00. The molecule has 12 heteroatoms. The Morgan fingerprint density at radius 2 is 1.95 bits per heavy atom. The minimum atomic E-state index is -4.23. The van der Waals surface area contributed by atoms with Crippen molar-refractivity contribution in [2.24, 2.45) is 5.92 Å². The number of aliphatic hydroxyl groups is 1. The fraction of sp³-hybridized carbons (Fsp3) is 0.538. The van der Waals surface area contributed by atoms with Crippen LogP contribution in [0.4, 0.5) is 35.3 Å². The van der Waals surface area contributed by atoms with Crippen LogP contribution in [0.1, 0.15) is 25.3 Å². The molecule has 4 rings (SSSR count). The highest BCUT2D eigenvalue weighted by Gasteiger charge is 2.36. The second kappa shape index (κ2) is 12.9. The third-order valence-corrected chi connectivity index (χ3v) is 6.71. The van der Waals surface area contributed by atoms with E-state index in [0.29, 0.717) is 50.8 Å². The van der Waals surface area contributed by atoms with Crippen LogP contribution in [0, 0.1) is 12.8 Å². The normalized spacial score (nSPS) is 18.6. The van der Waals surface area contributed by atoms with Gasteiger partial charge in [-0.25, -0.2) is 9.78 Å². The Hall–Kier alpha value is -2.76. The zero-order valence-electron chi connectivity index (χ0n) is 21.6. The molecular formula is C26H35ClF3N5O3. The van der Waals surface area contributed by atoms with Gasteiger partial charge in [0.05, 0.1) is 19.8 Å². The summed E-state index contributed by atoms with van der Waals surface area (Å²) in [5, 5.41) is 15.6. The van der Waals surface area contributed by atoms with Gasteiger partial charge in [-0.1, -0.05) is 6.07 Å². The van der Waals surface area contributed by atoms with Gasteiger partial charge in [-0.3, -0.25) is 0 Å². The van der Waals surface area contributed by atoms with Crippen LogP contribution in [-0.2, 0) is 4.74 Å². The van der Waals surface area contributed by atoms with E-state index in [1.54, 1.807) is 6.07 Å². The van der Waals surface area contributed by atoms with Gasteiger partial charge >= 0.3 is 12.2 Å². The molecule has 0 bridgehead atoms. The highest BCUT2D eigenvalue weighted by atomic mass is 35.5. The van der Waals surface area contributed by atoms with Gasteiger partial charge < -0.3 is 30.3 Å². The summed E-state index contributed by atoms with van der Waals surface area (Å²) >= 11 is 0. The maximum atomic E-state index is 12.8. The number of aromatic nitrogens is 1. The average molecular weight is 558 g/mol. The topological polar surface area (TPSA) is 90.0 Å². The van der Waals surface area contributed by atoms with Crippen LogP contribution in [0.25, 0.3) is 11.1 Å². The summed E-state index contributed by atoms with van der Waals surface area (Å²) in [6.45, 7) is 6.84. The van der Waals surface area contributed by atoms with Gasteiger partial charge in [0.1, 0.15) is 11.6 Å². The van der Waals surface area contributed by atoms with Gasteiger partial charge in [-0.15, -0.1) is 12.4 Å². The Morgan fingerprint density at radius 3 is 2.63 bits per heavy atom. The van der Waals surface area contributed by atoms with E-state index < -0.39 is 24.5 Å². The Morgan fingerprint density at radius 1 is 1.21 bits per heavy atom. The van der Waals surface area contributed by atoms with E-state index in [-0.39, 0.29) is 31.6 Å². The van der Waals surface area contributed by atoms with Crippen LogP contribution in [0.15, 0.2) is 30.3 Å². The van der Waals surface area contributed by atoms with Crippen molar-refractivity contribution in [2.75, 3.05) is 61.5 Å². The predicted octanol–water partition coefficient (Wildman–Crippen LogP) is 4.91. The highest BCUT2D eigenvalue weighted by Crippen LogP contribution is 2.33. The Labute approximate surface area is 227 Å². The van der Waals surface area contributed by atoms with Crippen molar-refractivity contribution in [3.63, 3.8) is 0 Å². The summed E-state index contributed by atoms with van der Waals surface area (Å²) in [4.78, 5) is 21.1. The van der Waals surface area contributed by atoms with Gasteiger partial charge in [-0.2, -0.15) is 13.2 Å². The summed E-state index contributed by atoms with van der Waals surface area (Å²) < 4.78 is 43.7. The van der Waals surface area contributed by atoms with Crippen LogP contribution >= 0.6 is 12.4 Å². The Balaban J connectivity index is 0.00000400. The van der Waals surface area contributed by atoms with Crippen LogP contribution in [-0.4, -0.2) is 79.2 Å². The number of morpholine rings is 1. The number of carbonyl (C=O) groups excluding carboxylic acids is 1. The molecule has 2 aliphatic rings. The third kappa shape index (κ3) is 7.87. The molecule has 2 saturated heterocycles. The van der Waals surface area contributed by atoms with Gasteiger partial charge in [0.15, 0.2) is 0 Å². The van der Waals surface area contributed by atoms with Crippen LogP contribution in [0.5, 0.6) is 0 Å². The Kier molecular flexibility index (Phi) is 10.1. The first-order valence-corrected chi connectivity index (χ1v) is 12.6. The largest absolute Gasteiger partial charge is 0.394 e. The van der Waals surface area contributed by atoms with Gasteiger partial charge in [0.25, 0.3) is 0 Å². The quantitative estimate of drug-likeness (QED) is 0.448. The number of pyridine rings is 1. The van der Waals surface area contributed by atoms with Crippen molar-refractivity contribution in [1.82, 2.24) is 9.88 Å². The van der Waals surface area contributed by atoms with E-state index in [2.05, 4.69) is 15.5 Å². The number of rotatable bonds is 7. The molecule has 2 aromatic rings. The smallest absolute Gasteiger partial charge is 0.389 e. The van der Waals surface area contributed by atoms with Crippen molar-refractivity contribution in [3.05, 3.63) is 35.9 Å². The number of halogens is 4. The zero-order valence-corrected chi connectivity index (χ0v) is 22.4. The molecule has 2 atom stereocenters. The number of alkyl halides is 3. The number of anilines is 3. The fourth-order valence-corrected chi connectivity index (χ4v) is 4.72. The SMILES string of the molecule is Cc1ccc(NC(=O)N2CC[C@@H](CC(F)(F)F)C2)cc1-c1cc(NC(C)CO)nc(N2CCOCC2)c1.Cl. The first-order valence-electron chi connectivity index (χ1n) is 12.6. The van der Waals surface area contributed by atoms with Crippen LogP contribution < -0.4 is 15.5 Å². The van der Waals surface area contributed by atoms with Gasteiger partial charge in [0.2, 0.25) is 0 Å². The van der Waals surface area contributed by atoms with Gasteiger partial charge in [0, 0.05) is 44.3 Å². The molecule has 1 aromatic heterocycles. The first kappa shape index (κ1) is 29.8. The molecule has 2 amide bonds. The molecule has 210 valence electrons. The summed E-state index contributed by atoms with van der Waals surface area (Å²) in [5.74, 6) is 0.846. The maximum Gasteiger partial charge on any atom is 0.389 e. The minimum absolute atomic E-state index is 0. The van der Waals surface area contributed by atoms with Gasteiger partial charge in [-0.05, 0) is 67.1 Å². The Bertz CT molecular complexity index is 1100. The minimum Gasteiger partial charge on any atom is -0.394 e. The van der Waals surface area contributed by atoms with Crippen LogP contribution in [0.2, 0.25) is 0 Å². The number of carbonyl (C=O) groups is 1. The molecule has 0 saturated carbocycles. The lowest BCUT2D eigenvalue weighted by molar-refractivity contribution is -0.143. The van der Waals surface area contributed by atoms with E-state index in [9.17, 15) is 23.1 Å². The number of amides is 2. The number of nitrogens with zero attached hydrogens (tertiary/aromatic N) is 3. The lowest BCUT2D eigenvalue weighted by Gasteiger charge is -2.29. The number of ether oxygens (including phenoxy) is 1. The number of likely N-dealkylation sites (tertiary alicyclic amines) is 1. The lowest BCUT2D eigenvalue weighted by Crippen LogP contribution is -2.37. The molecule has 3 N–H and O–H groups in total. The van der Waals surface area contributed by atoms with E-state index in [0.717, 1.165) is 22.5 Å². The van der Waals surface area contributed by atoms with E-state index >= 15 is 0 Å².